The van der Waals surface area contributed by atoms with Crippen LogP contribution >= 0.6 is 15.9 Å². The maximum atomic E-state index is 11.1. The molecule has 25 heavy (non-hydrogen) atoms. The van der Waals surface area contributed by atoms with Gasteiger partial charge in [0.25, 0.3) is 5.69 Å². The molecule has 2 aromatic rings. The van der Waals surface area contributed by atoms with Crippen LogP contribution in [0.25, 0.3) is 0 Å². The lowest BCUT2D eigenvalue weighted by molar-refractivity contribution is -0.385. The molecule has 0 radical (unpaired) electrons. The van der Waals surface area contributed by atoms with E-state index in [4.69, 9.17) is 9.15 Å². The molecule has 132 valence electrons. The summed E-state index contributed by atoms with van der Waals surface area (Å²) in [5.41, 5.74) is 2.08. The molecule has 7 nitrogen and oxygen atoms in total. The number of rotatable bonds is 4. The number of anilines is 1. The van der Waals surface area contributed by atoms with E-state index in [1.807, 2.05) is 19.1 Å². The molecule has 8 heteroatoms. The van der Waals surface area contributed by atoms with Gasteiger partial charge in [-0.25, -0.2) is 0 Å². The summed E-state index contributed by atoms with van der Waals surface area (Å²) in [6.07, 6.45) is 1.57. The quantitative estimate of drug-likeness (QED) is 0.431. The summed E-state index contributed by atoms with van der Waals surface area (Å²) >= 11 is 3.50. The van der Waals surface area contributed by atoms with Gasteiger partial charge < -0.3 is 14.1 Å². The molecule has 2 heterocycles. The third-order valence-electron chi connectivity index (χ3n) is 4.15. The number of aryl methyl sites for hydroxylation is 1. The number of benzene rings is 1. The zero-order valence-corrected chi connectivity index (χ0v) is 15.6. The van der Waals surface area contributed by atoms with Gasteiger partial charge in [-0.05, 0) is 41.4 Å². The van der Waals surface area contributed by atoms with E-state index in [1.165, 1.54) is 6.07 Å². The van der Waals surface area contributed by atoms with Crippen LogP contribution in [0.15, 0.2) is 32.1 Å². The Bertz CT molecular complexity index is 826. The fraction of sp³-hybridized carbons (Fsp3) is 0.353. The highest BCUT2D eigenvalue weighted by molar-refractivity contribution is 9.10. The van der Waals surface area contributed by atoms with Crippen molar-refractivity contribution in [3.05, 3.63) is 49.7 Å². The second kappa shape index (κ2) is 7.37. The minimum absolute atomic E-state index is 0.0711. The Morgan fingerprint density at radius 1 is 1.28 bits per heavy atom. The van der Waals surface area contributed by atoms with Crippen molar-refractivity contribution in [2.75, 3.05) is 31.2 Å². The SMILES string of the molecule is Cc1cc(N=Cc2cc(Br)c(N3CCOCC3)o2)cc([N+](=O)[O-])c1C. The molecular formula is C17H18BrN3O4. The molecule has 1 aromatic heterocycles. The molecule has 0 spiro atoms. The van der Waals surface area contributed by atoms with Crippen LogP contribution in [0.1, 0.15) is 16.9 Å². The number of morpholine rings is 1. The van der Waals surface area contributed by atoms with E-state index in [2.05, 4.69) is 25.8 Å². The van der Waals surface area contributed by atoms with Crippen molar-refractivity contribution < 1.29 is 14.1 Å². The number of nitro groups is 1. The van der Waals surface area contributed by atoms with Crippen molar-refractivity contribution in [3.63, 3.8) is 0 Å². The highest BCUT2D eigenvalue weighted by Crippen LogP contribution is 2.31. The molecular weight excluding hydrogens is 390 g/mol. The minimum atomic E-state index is -0.388. The molecule has 3 rings (SSSR count). The second-order valence-electron chi connectivity index (χ2n) is 5.82. The number of ether oxygens (including phenoxy) is 1. The average Bonchev–Trinajstić information content (AvgIpc) is 2.97. The number of nitro benzene ring substituents is 1. The zero-order valence-electron chi connectivity index (χ0n) is 14.0. The first-order chi connectivity index (χ1) is 12.0. The van der Waals surface area contributed by atoms with E-state index in [0.29, 0.717) is 30.2 Å². The topological polar surface area (TPSA) is 81.1 Å². The molecule has 1 aliphatic heterocycles. The van der Waals surface area contributed by atoms with Gasteiger partial charge in [-0.1, -0.05) is 0 Å². The van der Waals surface area contributed by atoms with Gasteiger partial charge in [0.15, 0.2) is 0 Å². The lowest BCUT2D eigenvalue weighted by Crippen LogP contribution is -2.36. The molecule has 0 unspecified atom stereocenters. The lowest BCUT2D eigenvalue weighted by atomic mass is 10.1. The maximum absolute atomic E-state index is 11.1. The maximum Gasteiger partial charge on any atom is 0.274 e. The lowest BCUT2D eigenvalue weighted by Gasteiger charge is -2.26. The Morgan fingerprint density at radius 2 is 2.00 bits per heavy atom. The molecule has 1 fully saturated rings. The Hall–Kier alpha value is -2.19. The van der Waals surface area contributed by atoms with Gasteiger partial charge in [0, 0.05) is 30.8 Å². The average molecular weight is 408 g/mol. The van der Waals surface area contributed by atoms with Crippen molar-refractivity contribution in [3.8, 4) is 0 Å². The first-order valence-corrected chi connectivity index (χ1v) is 8.66. The summed E-state index contributed by atoms with van der Waals surface area (Å²) in [6.45, 7) is 6.45. The third kappa shape index (κ3) is 3.91. The predicted molar refractivity (Wildman–Crippen MR) is 99.3 cm³/mol. The monoisotopic (exact) mass is 407 g/mol. The number of hydrogen-bond donors (Lipinski definition) is 0. The van der Waals surface area contributed by atoms with Crippen molar-refractivity contribution in [1.82, 2.24) is 0 Å². The van der Waals surface area contributed by atoms with Gasteiger partial charge >= 0.3 is 0 Å². The Balaban J connectivity index is 1.84. The molecule has 0 saturated carbocycles. The van der Waals surface area contributed by atoms with Crippen molar-refractivity contribution >= 4 is 39.4 Å². The summed E-state index contributed by atoms with van der Waals surface area (Å²) in [5, 5.41) is 11.1. The molecule has 1 aromatic carbocycles. The summed E-state index contributed by atoms with van der Waals surface area (Å²) in [7, 11) is 0. The van der Waals surface area contributed by atoms with Crippen molar-refractivity contribution in [2.45, 2.75) is 13.8 Å². The molecule has 1 saturated heterocycles. The summed E-state index contributed by atoms with van der Waals surface area (Å²) < 4.78 is 12.0. The van der Waals surface area contributed by atoms with Crippen molar-refractivity contribution in [1.29, 1.82) is 0 Å². The van der Waals surface area contributed by atoms with Crippen LogP contribution in [0.3, 0.4) is 0 Å². The molecule has 0 aliphatic carbocycles. The number of aliphatic imine (C=N–C) groups is 1. The van der Waals surface area contributed by atoms with Gasteiger partial charge in [-0.15, -0.1) is 0 Å². The van der Waals surface area contributed by atoms with E-state index in [1.54, 1.807) is 13.1 Å². The predicted octanol–water partition coefficient (Wildman–Crippen LogP) is 4.15. The molecule has 1 aliphatic rings. The van der Waals surface area contributed by atoms with Crippen LogP contribution < -0.4 is 4.90 Å². The van der Waals surface area contributed by atoms with Crippen LogP contribution in [0.5, 0.6) is 0 Å². The van der Waals surface area contributed by atoms with E-state index >= 15 is 0 Å². The number of furan rings is 1. The van der Waals surface area contributed by atoms with E-state index in [-0.39, 0.29) is 10.6 Å². The molecule has 0 atom stereocenters. The fourth-order valence-corrected chi connectivity index (χ4v) is 3.20. The Morgan fingerprint density at radius 3 is 2.68 bits per heavy atom. The van der Waals surface area contributed by atoms with Gasteiger partial charge in [0.05, 0.1) is 34.5 Å². The van der Waals surface area contributed by atoms with Crippen LogP contribution in [0.4, 0.5) is 17.3 Å². The normalized spacial score (nSPS) is 15.1. The van der Waals surface area contributed by atoms with Gasteiger partial charge in [0.2, 0.25) is 5.88 Å². The van der Waals surface area contributed by atoms with Crippen LogP contribution in [-0.2, 0) is 4.74 Å². The first-order valence-electron chi connectivity index (χ1n) is 7.87. The fourth-order valence-electron chi connectivity index (χ4n) is 2.65. The number of hydrogen-bond acceptors (Lipinski definition) is 6. The van der Waals surface area contributed by atoms with E-state index in [9.17, 15) is 10.1 Å². The first kappa shape index (κ1) is 17.6. The molecule has 0 bridgehead atoms. The van der Waals surface area contributed by atoms with Crippen molar-refractivity contribution in [2.24, 2.45) is 4.99 Å². The van der Waals surface area contributed by atoms with E-state index < -0.39 is 0 Å². The second-order valence-corrected chi connectivity index (χ2v) is 6.68. The largest absolute Gasteiger partial charge is 0.438 e. The Labute approximate surface area is 153 Å². The standard InChI is InChI=1S/C17H18BrN3O4/c1-11-7-13(8-16(12(11)2)21(22)23)19-10-14-9-15(18)17(25-14)20-3-5-24-6-4-20/h7-10H,3-6H2,1-2H3. The number of nitrogens with zero attached hydrogens (tertiary/aromatic N) is 3. The minimum Gasteiger partial charge on any atom is -0.438 e. The van der Waals surface area contributed by atoms with Crippen LogP contribution in [-0.4, -0.2) is 37.4 Å². The smallest absolute Gasteiger partial charge is 0.274 e. The molecule has 0 N–H and O–H groups in total. The highest BCUT2D eigenvalue weighted by atomic mass is 79.9. The van der Waals surface area contributed by atoms with Gasteiger partial charge in [0.1, 0.15) is 5.76 Å². The third-order valence-corrected chi connectivity index (χ3v) is 4.72. The highest BCUT2D eigenvalue weighted by Gasteiger charge is 2.18. The molecule has 0 amide bonds. The summed E-state index contributed by atoms with van der Waals surface area (Å²) in [4.78, 5) is 17.2. The Kier molecular flexibility index (Phi) is 5.19. The zero-order chi connectivity index (χ0) is 18.0. The summed E-state index contributed by atoms with van der Waals surface area (Å²) in [5.74, 6) is 1.32. The summed E-state index contributed by atoms with van der Waals surface area (Å²) in [6, 6.07) is 5.13. The van der Waals surface area contributed by atoms with Crippen LogP contribution in [0, 0.1) is 24.0 Å². The van der Waals surface area contributed by atoms with Gasteiger partial charge in [-0.2, -0.15) is 0 Å². The number of halogens is 1. The van der Waals surface area contributed by atoms with Gasteiger partial charge in [-0.3, -0.25) is 15.1 Å². The van der Waals surface area contributed by atoms with E-state index in [0.717, 1.165) is 29.0 Å². The van der Waals surface area contributed by atoms with Crippen LogP contribution in [0.2, 0.25) is 0 Å².